The number of carbonyl (C=O) groups is 1. The van der Waals surface area contributed by atoms with Crippen LogP contribution in [-0.2, 0) is 0 Å². The van der Waals surface area contributed by atoms with Crippen LogP contribution in [0.2, 0.25) is 0 Å². The number of fused-ring (bicyclic) bond motifs is 1. The molecule has 0 aliphatic rings. The first-order valence-corrected chi connectivity index (χ1v) is 7.74. The van der Waals surface area contributed by atoms with Gasteiger partial charge in [-0.3, -0.25) is 0 Å². The Hall–Kier alpha value is -2.03. The first kappa shape index (κ1) is 15.4. The van der Waals surface area contributed by atoms with Gasteiger partial charge in [0.05, 0.1) is 6.04 Å². The quantitative estimate of drug-likeness (QED) is 0.759. The number of hydrogen-bond donors (Lipinski definition) is 2. The molecule has 0 aliphatic carbocycles. The van der Waals surface area contributed by atoms with E-state index in [1.807, 2.05) is 25.1 Å². The monoisotopic (exact) mass is 284 g/mol. The number of unbranched alkanes of at least 4 members (excludes halogenated alkanes) is 2. The lowest BCUT2D eigenvalue weighted by molar-refractivity contribution is 0.238. The zero-order valence-corrected chi connectivity index (χ0v) is 12.9. The van der Waals surface area contributed by atoms with Crippen LogP contribution < -0.4 is 10.6 Å². The average Bonchev–Trinajstić information content (AvgIpc) is 2.51. The Balaban J connectivity index is 1.99. The normalized spacial score (nSPS) is 12.1. The minimum absolute atomic E-state index is 0.0118. The molecule has 0 saturated heterocycles. The molecular weight excluding hydrogens is 260 g/mol. The van der Waals surface area contributed by atoms with Gasteiger partial charge in [-0.1, -0.05) is 62.2 Å². The summed E-state index contributed by atoms with van der Waals surface area (Å²) in [4.78, 5) is 11.9. The van der Waals surface area contributed by atoms with Gasteiger partial charge < -0.3 is 10.6 Å². The maximum Gasteiger partial charge on any atom is 0.315 e. The van der Waals surface area contributed by atoms with Crippen LogP contribution in [0.3, 0.4) is 0 Å². The number of nitrogens with one attached hydrogen (secondary N) is 2. The lowest BCUT2D eigenvalue weighted by Crippen LogP contribution is -2.37. The second kappa shape index (κ2) is 7.67. The van der Waals surface area contributed by atoms with Gasteiger partial charge in [-0.15, -0.1) is 0 Å². The summed E-state index contributed by atoms with van der Waals surface area (Å²) >= 11 is 0. The molecule has 0 bridgehead atoms. The highest BCUT2D eigenvalue weighted by Gasteiger charge is 2.11. The van der Waals surface area contributed by atoms with Crippen LogP contribution in [0.25, 0.3) is 10.8 Å². The van der Waals surface area contributed by atoms with E-state index >= 15 is 0 Å². The van der Waals surface area contributed by atoms with Crippen molar-refractivity contribution in [1.82, 2.24) is 10.6 Å². The van der Waals surface area contributed by atoms with Crippen LogP contribution in [-0.4, -0.2) is 12.6 Å². The van der Waals surface area contributed by atoms with Crippen molar-refractivity contribution in [1.29, 1.82) is 0 Å². The molecule has 0 spiro atoms. The third-order valence-electron chi connectivity index (χ3n) is 3.70. The maximum absolute atomic E-state index is 11.9. The van der Waals surface area contributed by atoms with Gasteiger partial charge in [0.2, 0.25) is 0 Å². The van der Waals surface area contributed by atoms with Crippen LogP contribution >= 0.6 is 0 Å². The van der Waals surface area contributed by atoms with E-state index < -0.39 is 0 Å². The summed E-state index contributed by atoms with van der Waals surface area (Å²) in [7, 11) is 0. The number of hydrogen-bond acceptors (Lipinski definition) is 1. The van der Waals surface area contributed by atoms with Crippen molar-refractivity contribution >= 4 is 16.8 Å². The summed E-state index contributed by atoms with van der Waals surface area (Å²) in [5.41, 5.74) is 1.15. The molecule has 0 aliphatic heterocycles. The number of rotatable bonds is 6. The van der Waals surface area contributed by atoms with E-state index in [1.54, 1.807) is 0 Å². The summed E-state index contributed by atoms with van der Waals surface area (Å²) in [5, 5.41) is 8.33. The summed E-state index contributed by atoms with van der Waals surface area (Å²) in [5.74, 6) is 0. The minimum Gasteiger partial charge on any atom is -0.338 e. The first-order valence-electron chi connectivity index (χ1n) is 7.74. The third kappa shape index (κ3) is 4.22. The van der Waals surface area contributed by atoms with E-state index in [1.165, 1.54) is 10.8 Å². The molecule has 0 unspecified atom stereocenters. The van der Waals surface area contributed by atoms with Crippen LogP contribution in [0.15, 0.2) is 42.5 Å². The number of carbonyl (C=O) groups excluding carboxylic acids is 1. The Morgan fingerprint density at radius 1 is 1.10 bits per heavy atom. The molecule has 2 aromatic rings. The topological polar surface area (TPSA) is 41.1 Å². The second-order valence-electron chi connectivity index (χ2n) is 5.40. The number of benzene rings is 2. The highest BCUT2D eigenvalue weighted by atomic mass is 16.2. The number of amides is 2. The molecule has 2 amide bonds. The highest BCUT2D eigenvalue weighted by molar-refractivity contribution is 5.86. The van der Waals surface area contributed by atoms with E-state index in [0.29, 0.717) is 0 Å². The Morgan fingerprint density at radius 2 is 1.86 bits per heavy atom. The fraction of sp³-hybridized carbons (Fsp3) is 0.389. The van der Waals surface area contributed by atoms with Gasteiger partial charge in [0.15, 0.2) is 0 Å². The van der Waals surface area contributed by atoms with Gasteiger partial charge in [0.1, 0.15) is 0 Å². The molecule has 0 heterocycles. The smallest absolute Gasteiger partial charge is 0.315 e. The van der Waals surface area contributed by atoms with Gasteiger partial charge in [0, 0.05) is 6.54 Å². The lowest BCUT2D eigenvalue weighted by atomic mass is 10.00. The molecular formula is C18H24N2O. The Morgan fingerprint density at radius 3 is 2.67 bits per heavy atom. The van der Waals surface area contributed by atoms with Gasteiger partial charge in [-0.2, -0.15) is 0 Å². The molecule has 3 nitrogen and oxygen atoms in total. The van der Waals surface area contributed by atoms with Crippen LogP contribution in [0.1, 0.15) is 44.7 Å². The second-order valence-corrected chi connectivity index (χ2v) is 5.40. The SMILES string of the molecule is CCCCCNC(=O)N[C@@H](C)c1cccc2ccccc12. The van der Waals surface area contributed by atoms with E-state index in [2.05, 4.69) is 41.8 Å². The van der Waals surface area contributed by atoms with Crippen LogP contribution in [0.5, 0.6) is 0 Å². The number of urea groups is 1. The highest BCUT2D eigenvalue weighted by Crippen LogP contribution is 2.23. The van der Waals surface area contributed by atoms with Crippen molar-refractivity contribution in [2.24, 2.45) is 0 Å². The van der Waals surface area contributed by atoms with Crippen molar-refractivity contribution in [3.63, 3.8) is 0 Å². The molecule has 3 heteroatoms. The van der Waals surface area contributed by atoms with Gasteiger partial charge in [-0.25, -0.2) is 4.79 Å². The lowest BCUT2D eigenvalue weighted by Gasteiger charge is -2.17. The molecule has 21 heavy (non-hydrogen) atoms. The molecule has 2 rings (SSSR count). The zero-order chi connectivity index (χ0) is 15.1. The zero-order valence-electron chi connectivity index (χ0n) is 12.9. The molecule has 0 fully saturated rings. The standard InChI is InChI=1S/C18H24N2O/c1-3-4-7-13-19-18(21)20-14(2)16-12-8-10-15-9-5-6-11-17(15)16/h5-6,8-12,14H,3-4,7,13H2,1-2H3,(H2,19,20,21)/t14-/m0/s1. The van der Waals surface area contributed by atoms with Crippen molar-refractivity contribution in [3.8, 4) is 0 Å². The summed E-state index contributed by atoms with van der Waals surface area (Å²) in [6, 6.07) is 14.4. The molecule has 112 valence electrons. The largest absolute Gasteiger partial charge is 0.338 e. The molecule has 1 atom stereocenters. The van der Waals surface area contributed by atoms with E-state index in [4.69, 9.17) is 0 Å². The first-order chi connectivity index (χ1) is 10.2. The molecule has 0 radical (unpaired) electrons. The van der Waals surface area contributed by atoms with Crippen LogP contribution in [0, 0.1) is 0 Å². The van der Waals surface area contributed by atoms with Gasteiger partial charge in [-0.05, 0) is 29.7 Å². The van der Waals surface area contributed by atoms with Crippen molar-refractivity contribution in [2.75, 3.05) is 6.54 Å². The van der Waals surface area contributed by atoms with Crippen LogP contribution in [0.4, 0.5) is 4.79 Å². The molecule has 2 aromatic carbocycles. The fourth-order valence-corrected chi connectivity index (χ4v) is 2.53. The third-order valence-corrected chi connectivity index (χ3v) is 3.70. The van der Waals surface area contributed by atoms with Crippen molar-refractivity contribution in [3.05, 3.63) is 48.0 Å². The Bertz CT molecular complexity index is 589. The van der Waals surface area contributed by atoms with E-state index in [0.717, 1.165) is 31.4 Å². The van der Waals surface area contributed by atoms with E-state index in [9.17, 15) is 4.79 Å². The Kier molecular flexibility index (Phi) is 5.61. The predicted molar refractivity (Wildman–Crippen MR) is 88.4 cm³/mol. The minimum atomic E-state index is -0.0912. The molecule has 0 aromatic heterocycles. The van der Waals surface area contributed by atoms with Gasteiger partial charge >= 0.3 is 6.03 Å². The average molecular weight is 284 g/mol. The summed E-state index contributed by atoms with van der Waals surface area (Å²) in [6.07, 6.45) is 3.35. The van der Waals surface area contributed by atoms with Gasteiger partial charge in [0.25, 0.3) is 0 Å². The maximum atomic E-state index is 11.9. The summed E-state index contributed by atoms with van der Waals surface area (Å²) < 4.78 is 0. The predicted octanol–water partition coefficient (Wildman–Crippen LogP) is 4.39. The molecule has 2 N–H and O–H groups in total. The fourth-order valence-electron chi connectivity index (χ4n) is 2.53. The Labute approximate surface area is 126 Å². The summed E-state index contributed by atoms with van der Waals surface area (Å²) in [6.45, 7) is 4.91. The van der Waals surface area contributed by atoms with Crippen molar-refractivity contribution < 1.29 is 4.79 Å². The van der Waals surface area contributed by atoms with E-state index in [-0.39, 0.29) is 12.1 Å². The van der Waals surface area contributed by atoms with Crippen molar-refractivity contribution in [2.45, 2.75) is 39.2 Å². The molecule has 0 saturated carbocycles.